The number of urea groups is 1. The maximum atomic E-state index is 12.2. The molecule has 8 heteroatoms. The summed E-state index contributed by atoms with van der Waals surface area (Å²) in [5.74, 6) is 1.25. The maximum absolute atomic E-state index is 12.2. The molecule has 0 saturated carbocycles. The zero-order chi connectivity index (χ0) is 19.3. The number of carbonyl (C=O) groups excluding carboxylic acids is 1. The molecule has 0 spiro atoms. The SMILES string of the molecule is COc1ccc([C@H](CNC(=O)NC[C@H]2CCS(=O)(=O)C2)N2CCCC2)cc1. The van der Waals surface area contributed by atoms with Gasteiger partial charge in [0.2, 0.25) is 0 Å². The molecule has 2 N–H and O–H groups in total. The number of benzene rings is 1. The third-order valence-electron chi connectivity index (χ3n) is 5.42. The Morgan fingerprint density at radius 3 is 2.52 bits per heavy atom. The third kappa shape index (κ3) is 5.59. The van der Waals surface area contributed by atoms with E-state index in [1.54, 1.807) is 7.11 Å². The van der Waals surface area contributed by atoms with Gasteiger partial charge < -0.3 is 15.4 Å². The molecule has 150 valence electrons. The van der Waals surface area contributed by atoms with E-state index in [9.17, 15) is 13.2 Å². The van der Waals surface area contributed by atoms with E-state index in [1.165, 1.54) is 12.8 Å². The number of ether oxygens (including phenoxy) is 1. The predicted molar refractivity (Wildman–Crippen MR) is 105 cm³/mol. The molecule has 2 saturated heterocycles. The molecule has 27 heavy (non-hydrogen) atoms. The van der Waals surface area contributed by atoms with E-state index in [4.69, 9.17) is 4.74 Å². The molecule has 0 unspecified atom stereocenters. The van der Waals surface area contributed by atoms with Crippen molar-refractivity contribution in [1.82, 2.24) is 15.5 Å². The Kier molecular flexibility index (Phi) is 6.59. The summed E-state index contributed by atoms with van der Waals surface area (Å²) >= 11 is 0. The molecule has 2 atom stereocenters. The molecule has 2 heterocycles. The highest BCUT2D eigenvalue weighted by Gasteiger charge is 2.28. The first-order valence-corrected chi connectivity index (χ1v) is 11.4. The minimum absolute atomic E-state index is 0.0247. The second-order valence-electron chi connectivity index (χ2n) is 7.39. The summed E-state index contributed by atoms with van der Waals surface area (Å²) in [6, 6.07) is 7.86. The third-order valence-corrected chi connectivity index (χ3v) is 7.25. The summed E-state index contributed by atoms with van der Waals surface area (Å²) in [5, 5.41) is 5.78. The molecule has 0 bridgehead atoms. The first kappa shape index (κ1) is 19.9. The lowest BCUT2D eigenvalue weighted by molar-refractivity contribution is 0.220. The van der Waals surface area contributed by atoms with Gasteiger partial charge in [-0.25, -0.2) is 13.2 Å². The minimum Gasteiger partial charge on any atom is -0.497 e. The van der Waals surface area contributed by atoms with Crippen molar-refractivity contribution in [2.45, 2.75) is 25.3 Å². The van der Waals surface area contributed by atoms with Crippen molar-refractivity contribution in [3.8, 4) is 5.75 Å². The molecule has 2 fully saturated rings. The van der Waals surface area contributed by atoms with Gasteiger partial charge in [-0.15, -0.1) is 0 Å². The van der Waals surface area contributed by atoms with Crippen LogP contribution in [0, 0.1) is 5.92 Å². The lowest BCUT2D eigenvalue weighted by Crippen LogP contribution is -2.43. The molecular formula is C19H29N3O4S. The topological polar surface area (TPSA) is 87.7 Å². The number of carbonyl (C=O) groups is 1. The van der Waals surface area contributed by atoms with Crippen LogP contribution in [-0.2, 0) is 9.84 Å². The minimum atomic E-state index is -2.91. The average Bonchev–Trinajstić information content (AvgIpc) is 3.30. The van der Waals surface area contributed by atoms with E-state index in [0.29, 0.717) is 19.5 Å². The van der Waals surface area contributed by atoms with Crippen molar-refractivity contribution in [3.05, 3.63) is 29.8 Å². The smallest absolute Gasteiger partial charge is 0.314 e. The lowest BCUT2D eigenvalue weighted by atomic mass is 10.1. The highest BCUT2D eigenvalue weighted by Crippen LogP contribution is 2.26. The monoisotopic (exact) mass is 395 g/mol. The van der Waals surface area contributed by atoms with Gasteiger partial charge in [-0.1, -0.05) is 12.1 Å². The zero-order valence-electron chi connectivity index (χ0n) is 15.8. The number of sulfone groups is 1. The summed E-state index contributed by atoms with van der Waals surface area (Å²) in [4.78, 5) is 14.6. The van der Waals surface area contributed by atoms with Crippen molar-refractivity contribution in [2.24, 2.45) is 5.92 Å². The maximum Gasteiger partial charge on any atom is 0.314 e. The molecule has 0 aliphatic carbocycles. The Bertz CT molecular complexity index is 730. The number of hydrogen-bond donors (Lipinski definition) is 2. The second kappa shape index (κ2) is 8.93. The van der Waals surface area contributed by atoms with Crippen LogP contribution in [0.1, 0.15) is 30.9 Å². The van der Waals surface area contributed by atoms with Gasteiger partial charge in [0.05, 0.1) is 24.7 Å². The summed E-state index contributed by atoms with van der Waals surface area (Å²) in [6.45, 7) is 2.98. The molecule has 2 aliphatic heterocycles. The summed E-state index contributed by atoms with van der Waals surface area (Å²) in [7, 11) is -1.26. The van der Waals surface area contributed by atoms with Gasteiger partial charge in [0.25, 0.3) is 0 Å². The average molecular weight is 396 g/mol. The van der Waals surface area contributed by atoms with Gasteiger partial charge in [0.1, 0.15) is 5.75 Å². The van der Waals surface area contributed by atoms with Crippen LogP contribution in [0.3, 0.4) is 0 Å². The van der Waals surface area contributed by atoms with Crippen LogP contribution in [0.5, 0.6) is 5.75 Å². The Morgan fingerprint density at radius 1 is 1.22 bits per heavy atom. The van der Waals surface area contributed by atoms with Gasteiger partial charge in [-0.05, 0) is 56.0 Å². The number of amides is 2. The molecule has 0 aromatic heterocycles. The van der Waals surface area contributed by atoms with Gasteiger partial charge >= 0.3 is 6.03 Å². The first-order chi connectivity index (χ1) is 13.0. The largest absolute Gasteiger partial charge is 0.497 e. The standard InChI is InChI=1S/C19H29N3O4S/c1-26-17-6-4-16(5-7-17)18(22-9-2-3-10-22)13-21-19(23)20-12-15-8-11-27(24,25)14-15/h4-7,15,18H,2-3,8-14H2,1H3,(H2,20,21,23)/t15-,18+/m1/s1. The van der Waals surface area contributed by atoms with E-state index in [0.717, 1.165) is 24.4 Å². The zero-order valence-corrected chi connectivity index (χ0v) is 16.6. The Hall–Kier alpha value is -1.80. The van der Waals surface area contributed by atoms with Crippen molar-refractivity contribution >= 4 is 15.9 Å². The number of methoxy groups -OCH3 is 1. The van der Waals surface area contributed by atoms with Crippen molar-refractivity contribution in [3.63, 3.8) is 0 Å². The molecule has 2 amide bonds. The van der Waals surface area contributed by atoms with E-state index in [2.05, 4.69) is 15.5 Å². The van der Waals surface area contributed by atoms with Gasteiger partial charge in [-0.3, -0.25) is 4.90 Å². The van der Waals surface area contributed by atoms with Gasteiger partial charge in [0.15, 0.2) is 9.84 Å². The van der Waals surface area contributed by atoms with Crippen LogP contribution in [0.15, 0.2) is 24.3 Å². The predicted octanol–water partition coefficient (Wildman–Crippen LogP) is 1.57. The summed E-state index contributed by atoms with van der Waals surface area (Å²) in [5.41, 5.74) is 1.15. The van der Waals surface area contributed by atoms with Crippen LogP contribution < -0.4 is 15.4 Å². The number of hydrogen-bond acceptors (Lipinski definition) is 5. The van der Waals surface area contributed by atoms with Crippen molar-refractivity contribution < 1.29 is 17.9 Å². The van der Waals surface area contributed by atoms with E-state index in [1.807, 2.05) is 24.3 Å². The van der Waals surface area contributed by atoms with Gasteiger partial charge in [0, 0.05) is 13.1 Å². The Morgan fingerprint density at radius 2 is 1.93 bits per heavy atom. The molecule has 1 aromatic carbocycles. The van der Waals surface area contributed by atoms with Crippen molar-refractivity contribution in [2.75, 3.05) is 44.8 Å². The lowest BCUT2D eigenvalue weighted by Gasteiger charge is -2.28. The normalized spacial score (nSPS) is 23.1. The van der Waals surface area contributed by atoms with Crippen LogP contribution in [-0.4, -0.2) is 64.1 Å². The Balaban J connectivity index is 1.53. The van der Waals surface area contributed by atoms with Crippen LogP contribution >= 0.6 is 0 Å². The van der Waals surface area contributed by atoms with E-state index < -0.39 is 9.84 Å². The van der Waals surface area contributed by atoms with Crippen LogP contribution in [0.4, 0.5) is 4.79 Å². The summed E-state index contributed by atoms with van der Waals surface area (Å²) < 4.78 is 28.2. The fourth-order valence-corrected chi connectivity index (χ4v) is 5.72. The second-order valence-corrected chi connectivity index (χ2v) is 9.62. The molecule has 2 aliphatic rings. The fourth-order valence-electron chi connectivity index (χ4n) is 3.86. The number of rotatable bonds is 7. The molecule has 7 nitrogen and oxygen atoms in total. The fraction of sp³-hybridized carbons (Fsp3) is 0.632. The Labute approximate surface area is 161 Å². The van der Waals surface area contributed by atoms with Crippen LogP contribution in [0.25, 0.3) is 0 Å². The highest BCUT2D eigenvalue weighted by atomic mass is 32.2. The molecule has 1 aromatic rings. The van der Waals surface area contributed by atoms with Crippen molar-refractivity contribution in [1.29, 1.82) is 0 Å². The van der Waals surface area contributed by atoms with Crippen LogP contribution in [0.2, 0.25) is 0 Å². The van der Waals surface area contributed by atoms with Gasteiger partial charge in [-0.2, -0.15) is 0 Å². The quantitative estimate of drug-likeness (QED) is 0.732. The summed E-state index contributed by atoms with van der Waals surface area (Å²) in [6.07, 6.45) is 2.98. The number of nitrogens with zero attached hydrogens (tertiary/aromatic N) is 1. The first-order valence-electron chi connectivity index (χ1n) is 9.57. The highest BCUT2D eigenvalue weighted by molar-refractivity contribution is 7.91. The number of nitrogens with one attached hydrogen (secondary N) is 2. The molecule has 0 radical (unpaired) electrons. The van der Waals surface area contributed by atoms with E-state index >= 15 is 0 Å². The number of likely N-dealkylation sites (tertiary alicyclic amines) is 1. The van der Waals surface area contributed by atoms with E-state index in [-0.39, 0.29) is 29.5 Å². The molecule has 3 rings (SSSR count). The molecular weight excluding hydrogens is 366 g/mol.